The van der Waals surface area contributed by atoms with Gasteiger partial charge in [0.25, 0.3) is 0 Å². The molecule has 0 amide bonds. The maximum atomic E-state index is 9.73. The van der Waals surface area contributed by atoms with Crippen LogP contribution in [0.25, 0.3) is 21.2 Å². The zero-order chi connectivity index (χ0) is 19.3. The lowest BCUT2D eigenvalue weighted by atomic mass is 9.81. The van der Waals surface area contributed by atoms with Crippen LogP contribution in [0.5, 0.6) is 0 Å². The lowest BCUT2D eigenvalue weighted by Crippen LogP contribution is -2.44. The second-order valence-electron chi connectivity index (χ2n) is 7.86. The molecule has 1 saturated heterocycles. The van der Waals surface area contributed by atoms with Crippen molar-refractivity contribution in [2.45, 2.75) is 51.3 Å². The first kappa shape index (κ1) is 19.6. The summed E-state index contributed by atoms with van der Waals surface area (Å²) >= 11 is 0. The minimum Gasteiger partial charge on any atom is -0.396 e. The van der Waals surface area contributed by atoms with E-state index in [-0.39, 0.29) is 18.2 Å². The molecular formula is C21H28N4O2. The van der Waals surface area contributed by atoms with E-state index in [0.717, 1.165) is 12.8 Å². The molecule has 2 aromatic rings. The molecule has 0 bridgehead atoms. The van der Waals surface area contributed by atoms with Gasteiger partial charge in [-0.15, -0.1) is 0 Å². The number of aliphatic hydroxyl groups is 1. The van der Waals surface area contributed by atoms with Crippen LogP contribution in [0, 0.1) is 5.92 Å². The third-order valence-electron chi connectivity index (χ3n) is 5.27. The molecule has 144 valence electrons. The topological polar surface area (TPSA) is 81.5 Å². The minimum absolute atomic E-state index is 0.110. The molecule has 6 heteroatoms. The van der Waals surface area contributed by atoms with Gasteiger partial charge in [-0.25, -0.2) is 0 Å². The molecule has 0 spiro atoms. The van der Waals surface area contributed by atoms with Crippen molar-refractivity contribution >= 4 is 10.8 Å². The number of hydrogen-bond donors (Lipinski definition) is 1. The second-order valence-corrected chi connectivity index (χ2v) is 7.86. The summed E-state index contributed by atoms with van der Waals surface area (Å²) in [5.74, 6) is 0.470. The van der Waals surface area contributed by atoms with Crippen LogP contribution >= 0.6 is 0 Å². The Hall–Kier alpha value is -2.11. The fraction of sp³-hybridized carbons (Fsp3) is 0.524. The van der Waals surface area contributed by atoms with Crippen molar-refractivity contribution in [2.24, 2.45) is 11.0 Å². The molecule has 1 aliphatic rings. The van der Waals surface area contributed by atoms with Crippen LogP contribution in [0.4, 0.5) is 0 Å². The Labute approximate surface area is 160 Å². The van der Waals surface area contributed by atoms with E-state index in [1.165, 1.54) is 16.3 Å². The number of azide groups is 1. The third kappa shape index (κ3) is 4.60. The van der Waals surface area contributed by atoms with Gasteiger partial charge in [-0.1, -0.05) is 55.4 Å². The van der Waals surface area contributed by atoms with Gasteiger partial charge >= 0.3 is 0 Å². The van der Waals surface area contributed by atoms with E-state index in [2.05, 4.69) is 54.2 Å². The first-order valence-electron chi connectivity index (χ1n) is 9.60. The molecule has 0 saturated carbocycles. The number of nitrogens with zero attached hydrogens (tertiary/aromatic N) is 4. The van der Waals surface area contributed by atoms with Crippen molar-refractivity contribution in [2.75, 3.05) is 13.2 Å². The predicted molar refractivity (Wildman–Crippen MR) is 107 cm³/mol. The maximum absolute atomic E-state index is 9.73. The number of benzene rings is 2. The average molecular weight is 368 g/mol. The van der Waals surface area contributed by atoms with Crippen molar-refractivity contribution < 1.29 is 9.94 Å². The van der Waals surface area contributed by atoms with E-state index in [4.69, 9.17) is 10.4 Å². The molecule has 2 atom stereocenters. The van der Waals surface area contributed by atoms with Gasteiger partial charge in [0.1, 0.15) is 0 Å². The summed E-state index contributed by atoms with van der Waals surface area (Å²) in [6.07, 6.45) is 2.18. The normalized spacial score (nSPS) is 23.0. The minimum atomic E-state index is -0.246. The van der Waals surface area contributed by atoms with E-state index in [0.29, 0.717) is 25.4 Å². The molecule has 0 radical (unpaired) electrons. The SMILES string of the molecule is CC(C)CC1(CCO)C[C@H](CN=[N+]=[N-])ON1Cc1ccc2ccccc2c1. The van der Waals surface area contributed by atoms with Gasteiger partial charge in [0.15, 0.2) is 0 Å². The standard InChI is InChI=1S/C21H28N4O2/c1-16(2)12-21(9-10-26)13-20(14-23-24-22)27-25(21)15-17-7-8-18-5-3-4-6-19(18)11-17/h3-8,11,16,20,26H,9-10,12-15H2,1-2H3/t20-,21?/m1/s1. The summed E-state index contributed by atoms with van der Waals surface area (Å²) in [7, 11) is 0. The van der Waals surface area contributed by atoms with Crippen LogP contribution in [-0.2, 0) is 11.4 Å². The van der Waals surface area contributed by atoms with Crippen molar-refractivity contribution in [3.63, 3.8) is 0 Å². The average Bonchev–Trinajstić information content (AvgIpc) is 2.96. The molecule has 27 heavy (non-hydrogen) atoms. The fourth-order valence-corrected chi connectivity index (χ4v) is 4.27. The lowest BCUT2D eigenvalue weighted by Gasteiger charge is -2.37. The van der Waals surface area contributed by atoms with Crippen molar-refractivity contribution in [1.29, 1.82) is 0 Å². The first-order valence-corrected chi connectivity index (χ1v) is 9.60. The van der Waals surface area contributed by atoms with Crippen LogP contribution in [-0.4, -0.2) is 35.0 Å². The predicted octanol–water partition coefficient (Wildman–Crippen LogP) is 4.82. The van der Waals surface area contributed by atoms with Gasteiger partial charge in [0.2, 0.25) is 0 Å². The molecule has 1 unspecified atom stereocenters. The quantitative estimate of drug-likeness (QED) is 0.412. The fourth-order valence-electron chi connectivity index (χ4n) is 4.27. The van der Waals surface area contributed by atoms with E-state index in [1.807, 2.05) is 17.2 Å². The molecule has 2 aromatic carbocycles. The highest BCUT2D eigenvalue weighted by molar-refractivity contribution is 5.82. The number of aliphatic hydroxyl groups excluding tert-OH is 1. The molecule has 1 aliphatic heterocycles. The smallest absolute Gasteiger partial charge is 0.0868 e. The Morgan fingerprint density at radius 1 is 1.30 bits per heavy atom. The van der Waals surface area contributed by atoms with Gasteiger partial charge in [-0.3, -0.25) is 4.84 Å². The molecule has 1 fully saturated rings. The van der Waals surface area contributed by atoms with Crippen molar-refractivity contribution in [3.8, 4) is 0 Å². The molecule has 3 rings (SSSR count). The van der Waals surface area contributed by atoms with E-state index in [9.17, 15) is 5.11 Å². The highest BCUT2D eigenvalue weighted by Gasteiger charge is 2.46. The van der Waals surface area contributed by atoms with Gasteiger partial charge in [0.05, 0.1) is 18.2 Å². The molecule has 0 aromatic heterocycles. The van der Waals surface area contributed by atoms with Gasteiger partial charge in [-0.2, -0.15) is 5.06 Å². The zero-order valence-corrected chi connectivity index (χ0v) is 16.1. The van der Waals surface area contributed by atoms with E-state index >= 15 is 0 Å². The van der Waals surface area contributed by atoms with Gasteiger partial charge in [-0.05, 0) is 53.1 Å². The molecular weight excluding hydrogens is 340 g/mol. The number of rotatable bonds is 8. The van der Waals surface area contributed by atoms with Crippen LogP contribution in [0.1, 0.15) is 38.7 Å². The molecule has 1 N–H and O–H groups in total. The molecule has 6 nitrogen and oxygen atoms in total. The summed E-state index contributed by atoms with van der Waals surface area (Å²) in [6.45, 7) is 5.45. The second kappa shape index (κ2) is 8.72. The highest BCUT2D eigenvalue weighted by atomic mass is 16.7. The van der Waals surface area contributed by atoms with Crippen molar-refractivity contribution in [3.05, 3.63) is 58.5 Å². The Balaban J connectivity index is 1.88. The Bertz CT molecular complexity index is 819. The van der Waals surface area contributed by atoms with E-state index < -0.39 is 0 Å². The Morgan fingerprint density at radius 2 is 2.07 bits per heavy atom. The number of hydroxylamine groups is 2. The number of hydrogen-bond acceptors (Lipinski definition) is 4. The highest BCUT2D eigenvalue weighted by Crippen LogP contribution is 2.41. The largest absolute Gasteiger partial charge is 0.396 e. The van der Waals surface area contributed by atoms with E-state index in [1.54, 1.807) is 0 Å². The van der Waals surface area contributed by atoms with Crippen LogP contribution in [0.3, 0.4) is 0 Å². The Morgan fingerprint density at radius 3 is 2.78 bits per heavy atom. The zero-order valence-electron chi connectivity index (χ0n) is 16.1. The van der Waals surface area contributed by atoms with Crippen LogP contribution in [0.2, 0.25) is 0 Å². The van der Waals surface area contributed by atoms with Gasteiger partial charge < -0.3 is 5.11 Å². The molecule has 1 heterocycles. The summed E-state index contributed by atoms with van der Waals surface area (Å²) in [5, 5.41) is 17.9. The van der Waals surface area contributed by atoms with Gasteiger partial charge in [0, 0.05) is 18.1 Å². The van der Waals surface area contributed by atoms with Crippen LogP contribution in [0.15, 0.2) is 47.6 Å². The Kier molecular flexibility index (Phi) is 6.34. The van der Waals surface area contributed by atoms with Crippen molar-refractivity contribution in [1.82, 2.24) is 5.06 Å². The summed E-state index contributed by atoms with van der Waals surface area (Å²) in [5.41, 5.74) is 9.58. The summed E-state index contributed by atoms with van der Waals surface area (Å²) in [6, 6.07) is 14.8. The monoisotopic (exact) mass is 368 g/mol. The third-order valence-corrected chi connectivity index (χ3v) is 5.27. The van der Waals surface area contributed by atoms with Crippen LogP contribution < -0.4 is 0 Å². The first-order chi connectivity index (χ1) is 13.1. The molecule has 0 aliphatic carbocycles. The summed E-state index contributed by atoms with van der Waals surface area (Å²) < 4.78 is 0. The number of fused-ring (bicyclic) bond motifs is 1. The maximum Gasteiger partial charge on any atom is 0.0868 e. The summed E-state index contributed by atoms with van der Waals surface area (Å²) in [4.78, 5) is 9.08. The lowest BCUT2D eigenvalue weighted by molar-refractivity contribution is -0.199.